The highest BCUT2D eigenvalue weighted by atomic mass is 19.1. The Labute approximate surface area is 140 Å². The van der Waals surface area contributed by atoms with Gasteiger partial charge in [0.2, 0.25) is 0 Å². The number of carbonyl (C=O) groups excluding carboxylic acids is 1. The van der Waals surface area contributed by atoms with Gasteiger partial charge < -0.3 is 10.0 Å². The Hall–Kier alpha value is -2.69. The highest BCUT2D eigenvalue weighted by molar-refractivity contribution is 5.94. The zero-order valence-corrected chi connectivity index (χ0v) is 13.7. The third-order valence-corrected chi connectivity index (χ3v) is 3.98. The van der Waals surface area contributed by atoms with E-state index >= 15 is 0 Å². The second-order valence-electron chi connectivity index (χ2n) is 5.59. The van der Waals surface area contributed by atoms with Gasteiger partial charge in [0, 0.05) is 12.1 Å². The van der Waals surface area contributed by atoms with Crippen LogP contribution in [-0.4, -0.2) is 28.4 Å². The number of halogens is 1. The fourth-order valence-electron chi connectivity index (χ4n) is 2.62. The molecule has 0 fully saturated rings. The Bertz CT molecular complexity index is 710. The summed E-state index contributed by atoms with van der Waals surface area (Å²) in [5, 5.41) is 8.79. The summed E-state index contributed by atoms with van der Waals surface area (Å²) in [6, 6.07) is 12.5. The summed E-state index contributed by atoms with van der Waals surface area (Å²) in [4.78, 5) is 25.1. The van der Waals surface area contributed by atoms with E-state index in [1.54, 1.807) is 41.3 Å². The number of rotatable bonds is 6. The van der Waals surface area contributed by atoms with Crippen LogP contribution in [0.2, 0.25) is 0 Å². The summed E-state index contributed by atoms with van der Waals surface area (Å²) in [7, 11) is 0. The number of carboxylic acid groups (broad SMARTS) is 1. The fourth-order valence-corrected chi connectivity index (χ4v) is 2.62. The Morgan fingerprint density at radius 2 is 1.67 bits per heavy atom. The second kappa shape index (κ2) is 7.73. The molecule has 5 heteroatoms. The average Bonchev–Trinajstić information content (AvgIpc) is 2.56. The third kappa shape index (κ3) is 4.19. The lowest BCUT2D eigenvalue weighted by atomic mass is 10.0. The van der Waals surface area contributed by atoms with Gasteiger partial charge in [-0.25, -0.2) is 4.39 Å². The van der Waals surface area contributed by atoms with Crippen LogP contribution in [0.5, 0.6) is 0 Å². The van der Waals surface area contributed by atoms with E-state index in [9.17, 15) is 14.0 Å². The highest BCUT2D eigenvalue weighted by Gasteiger charge is 2.21. The molecule has 0 spiro atoms. The molecule has 126 valence electrons. The number of nitrogens with zero attached hydrogens (tertiary/aromatic N) is 1. The van der Waals surface area contributed by atoms with E-state index in [2.05, 4.69) is 0 Å². The first kappa shape index (κ1) is 17.7. The van der Waals surface area contributed by atoms with Crippen molar-refractivity contribution >= 4 is 11.9 Å². The normalized spacial score (nSPS) is 11.8. The van der Waals surface area contributed by atoms with Gasteiger partial charge in [0.25, 0.3) is 5.91 Å². The molecule has 0 aliphatic heterocycles. The van der Waals surface area contributed by atoms with E-state index in [1.165, 1.54) is 12.1 Å². The lowest BCUT2D eigenvalue weighted by Gasteiger charge is -2.28. The van der Waals surface area contributed by atoms with Crippen LogP contribution in [0.3, 0.4) is 0 Å². The van der Waals surface area contributed by atoms with Gasteiger partial charge in [-0.15, -0.1) is 0 Å². The summed E-state index contributed by atoms with van der Waals surface area (Å²) in [5.41, 5.74) is 2.00. The summed E-state index contributed by atoms with van der Waals surface area (Å²) in [6.45, 7) is 4.29. The molecule has 4 nitrogen and oxygen atoms in total. The predicted octanol–water partition coefficient (Wildman–Crippen LogP) is 3.68. The Morgan fingerprint density at radius 3 is 2.17 bits per heavy atom. The molecule has 0 bridgehead atoms. The van der Waals surface area contributed by atoms with Crippen molar-refractivity contribution in [3.8, 4) is 0 Å². The Balaban J connectivity index is 2.18. The van der Waals surface area contributed by atoms with Gasteiger partial charge in [-0.1, -0.05) is 24.3 Å². The molecule has 2 aromatic carbocycles. The number of carbonyl (C=O) groups is 2. The van der Waals surface area contributed by atoms with Crippen LogP contribution in [0.1, 0.15) is 41.4 Å². The highest BCUT2D eigenvalue weighted by Crippen LogP contribution is 2.22. The second-order valence-corrected chi connectivity index (χ2v) is 5.59. The molecular formula is C19H20FNO3. The van der Waals surface area contributed by atoms with Crippen molar-refractivity contribution < 1.29 is 19.1 Å². The lowest BCUT2D eigenvalue weighted by Crippen LogP contribution is -2.33. The maximum Gasteiger partial charge on any atom is 0.307 e. The molecule has 1 atom stereocenters. The van der Waals surface area contributed by atoms with Crippen molar-refractivity contribution in [1.82, 2.24) is 4.90 Å². The van der Waals surface area contributed by atoms with Crippen LogP contribution in [0.15, 0.2) is 48.5 Å². The monoisotopic (exact) mass is 329 g/mol. The van der Waals surface area contributed by atoms with Crippen molar-refractivity contribution in [3.63, 3.8) is 0 Å². The van der Waals surface area contributed by atoms with Crippen LogP contribution in [-0.2, 0) is 11.2 Å². The SMILES string of the molecule is CCN(C(=O)c1ccc(CC(=O)O)cc1)C(C)c1ccc(F)cc1. The summed E-state index contributed by atoms with van der Waals surface area (Å²) in [5.74, 6) is -1.36. The van der Waals surface area contributed by atoms with Crippen molar-refractivity contribution in [2.45, 2.75) is 26.3 Å². The summed E-state index contributed by atoms with van der Waals surface area (Å²) >= 11 is 0. The Kier molecular flexibility index (Phi) is 5.68. The van der Waals surface area contributed by atoms with Crippen molar-refractivity contribution in [1.29, 1.82) is 0 Å². The van der Waals surface area contributed by atoms with Gasteiger partial charge in [0.05, 0.1) is 12.5 Å². The molecule has 0 aliphatic rings. The molecular weight excluding hydrogens is 309 g/mol. The van der Waals surface area contributed by atoms with Gasteiger partial charge >= 0.3 is 5.97 Å². The minimum absolute atomic E-state index is 0.0715. The first-order valence-corrected chi connectivity index (χ1v) is 7.79. The molecule has 0 heterocycles. The fraction of sp³-hybridized carbons (Fsp3) is 0.263. The third-order valence-electron chi connectivity index (χ3n) is 3.98. The van der Waals surface area contributed by atoms with Crippen LogP contribution < -0.4 is 0 Å². The number of carboxylic acids is 1. The molecule has 24 heavy (non-hydrogen) atoms. The van der Waals surface area contributed by atoms with E-state index in [4.69, 9.17) is 5.11 Å². The topological polar surface area (TPSA) is 57.6 Å². The van der Waals surface area contributed by atoms with E-state index in [1.807, 2.05) is 13.8 Å². The summed E-state index contributed by atoms with van der Waals surface area (Å²) in [6.07, 6.45) is -0.0715. The minimum atomic E-state index is -0.908. The predicted molar refractivity (Wildman–Crippen MR) is 89.3 cm³/mol. The molecule has 2 aromatic rings. The zero-order valence-electron chi connectivity index (χ0n) is 13.7. The van der Waals surface area contributed by atoms with Gasteiger partial charge in [0.1, 0.15) is 5.82 Å². The quantitative estimate of drug-likeness (QED) is 0.879. The zero-order chi connectivity index (χ0) is 17.7. The molecule has 2 rings (SSSR count). The van der Waals surface area contributed by atoms with Crippen molar-refractivity contribution in [2.24, 2.45) is 0 Å². The molecule has 1 unspecified atom stereocenters. The number of amides is 1. The average molecular weight is 329 g/mol. The largest absolute Gasteiger partial charge is 0.481 e. The first-order valence-electron chi connectivity index (χ1n) is 7.79. The maximum absolute atomic E-state index is 13.1. The molecule has 0 aromatic heterocycles. The molecule has 0 saturated heterocycles. The van der Waals surface area contributed by atoms with Gasteiger partial charge in [0.15, 0.2) is 0 Å². The van der Waals surface area contributed by atoms with Crippen LogP contribution >= 0.6 is 0 Å². The standard InChI is InChI=1S/C19H20FNO3/c1-3-21(13(2)15-8-10-17(20)11-9-15)19(24)16-6-4-14(5-7-16)12-18(22)23/h4-11,13H,3,12H2,1-2H3,(H,22,23). The van der Waals surface area contributed by atoms with E-state index < -0.39 is 5.97 Å². The van der Waals surface area contributed by atoms with E-state index in [-0.39, 0.29) is 24.2 Å². The number of aliphatic carboxylic acids is 1. The van der Waals surface area contributed by atoms with Gasteiger partial charge in [-0.3, -0.25) is 9.59 Å². The minimum Gasteiger partial charge on any atom is -0.481 e. The van der Waals surface area contributed by atoms with Crippen molar-refractivity contribution in [3.05, 3.63) is 71.0 Å². The molecule has 0 saturated carbocycles. The lowest BCUT2D eigenvalue weighted by molar-refractivity contribution is -0.136. The van der Waals surface area contributed by atoms with Crippen LogP contribution in [0.25, 0.3) is 0 Å². The van der Waals surface area contributed by atoms with Gasteiger partial charge in [-0.05, 0) is 49.2 Å². The number of hydrogen-bond acceptors (Lipinski definition) is 2. The molecule has 0 aliphatic carbocycles. The van der Waals surface area contributed by atoms with Crippen molar-refractivity contribution in [2.75, 3.05) is 6.54 Å². The van der Waals surface area contributed by atoms with Crippen LogP contribution in [0.4, 0.5) is 4.39 Å². The molecule has 1 N–H and O–H groups in total. The smallest absolute Gasteiger partial charge is 0.307 e. The van der Waals surface area contributed by atoms with E-state index in [0.29, 0.717) is 17.7 Å². The number of benzene rings is 2. The first-order chi connectivity index (χ1) is 11.4. The maximum atomic E-state index is 13.1. The van der Waals surface area contributed by atoms with E-state index in [0.717, 1.165) is 5.56 Å². The Morgan fingerprint density at radius 1 is 1.08 bits per heavy atom. The van der Waals surface area contributed by atoms with Crippen LogP contribution in [0, 0.1) is 5.82 Å². The summed E-state index contributed by atoms with van der Waals surface area (Å²) < 4.78 is 13.1. The molecule has 1 amide bonds. The van der Waals surface area contributed by atoms with Gasteiger partial charge in [-0.2, -0.15) is 0 Å². The number of hydrogen-bond donors (Lipinski definition) is 1. The molecule has 0 radical (unpaired) electrons.